The van der Waals surface area contributed by atoms with E-state index >= 15 is 0 Å². The highest BCUT2D eigenvalue weighted by atomic mass is 16.3. The lowest BCUT2D eigenvalue weighted by molar-refractivity contribution is 0.0610. The van der Waals surface area contributed by atoms with Gasteiger partial charge in [-0.1, -0.05) is 24.3 Å². The van der Waals surface area contributed by atoms with Gasteiger partial charge in [0.2, 0.25) is 0 Å². The van der Waals surface area contributed by atoms with Crippen molar-refractivity contribution in [2.45, 2.75) is 37.7 Å². The molecule has 2 heteroatoms. The maximum Gasteiger partial charge on any atom is 0.125 e. The van der Waals surface area contributed by atoms with Crippen LogP contribution in [-0.4, -0.2) is 15.8 Å². The van der Waals surface area contributed by atoms with E-state index in [2.05, 4.69) is 11.8 Å². The van der Waals surface area contributed by atoms with Crippen molar-refractivity contribution < 1.29 is 10.2 Å². The number of aromatic hydroxyl groups is 1. The third-order valence-electron chi connectivity index (χ3n) is 2.97. The van der Waals surface area contributed by atoms with Crippen LogP contribution in [0.25, 0.3) is 0 Å². The van der Waals surface area contributed by atoms with E-state index in [1.165, 1.54) is 6.42 Å². The standard InChI is InChI=1S/C14H16O2/c15-13-6-4-5-12(11-13)7-10-14(16)8-2-1-3-9-14/h4-6,11,15-16H,1-3,8-9H2. The minimum atomic E-state index is -0.816. The largest absolute Gasteiger partial charge is 0.508 e. The summed E-state index contributed by atoms with van der Waals surface area (Å²) in [5.41, 5.74) is -0.0667. The van der Waals surface area contributed by atoms with Crippen LogP contribution in [0.4, 0.5) is 0 Å². The third-order valence-corrected chi connectivity index (χ3v) is 2.97. The summed E-state index contributed by atoms with van der Waals surface area (Å²) in [6.07, 6.45) is 4.81. The highest BCUT2D eigenvalue weighted by Gasteiger charge is 2.26. The van der Waals surface area contributed by atoms with E-state index in [1.54, 1.807) is 18.2 Å². The predicted molar refractivity (Wildman–Crippen MR) is 63.0 cm³/mol. The number of rotatable bonds is 0. The summed E-state index contributed by atoms with van der Waals surface area (Å²) < 4.78 is 0. The second-order valence-corrected chi connectivity index (χ2v) is 4.39. The van der Waals surface area contributed by atoms with Gasteiger partial charge in [-0.15, -0.1) is 0 Å². The van der Waals surface area contributed by atoms with Crippen LogP contribution in [0.2, 0.25) is 0 Å². The van der Waals surface area contributed by atoms with Gasteiger partial charge in [0.05, 0.1) is 0 Å². The van der Waals surface area contributed by atoms with Gasteiger partial charge in [0.1, 0.15) is 11.4 Å². The molecule has 84 valence electrons. The Balaban J connectivity index is 2.14. The molecule has 1 aromatic rings. The molecule has 2 nitrogen and oxygen atoms in total. The summed E-state index contributed by atoms with van der Waals surface area (Å²) in [6.45, 7) is 0. The van der Waals surface area contributed by atoms with Crippen molar-refractivity contribution in [2.24, 2.45) is 0 Å². The first-order chi connectivity index (χ1) is 7.68. The van der Waals surface area contributed by atoms with Crippen LogP contribution >= 0.6 is 0 Å². The van der Waals surface area contributed by atoms with Crippen molar-refractivity contribution >= 4 is 0 Å². The molecule has 0 unspecified atom stereocenters. The molecule has 2 N–H and O–H groups in total. The smallest absolute Gasteiger partial charge is 0.125 e. The zero-order valence-corrected chi connectivity index (χ0v) is 9.24. The summed E-state index contributed by atoms with van der Waals surface area (Å²) >= 11 is 0. The lowest BCUT2D eigenvalue weighted by Crippen LogP contribution is -2.29. The average Bonchev–Trinajstić information content (AvgIpc) is 2.28. The summed E-state index contributed by atoms with van der Waals surface area (Å²) in [5.74, 6) is 6.08. The van der Waals surface area contributed by atoms with Crippen LogP contribution in [0, 0.1) is 11.8 Å². The molecule has 2 rings (SSSR count). The maximum atomic E-state index is 10.2. The van der Waals surface area contributed by atoms with Crippen molar-refractivity contribution in [2.75, 3.05) is 0 Å². The molecule has 0 heterocycles. The molecule has 1 aliphatic carbocycles. The van der Waals surface area contributed by atoms with Crippen molar-refractivity contribution in [3.8, 4) is 17.6 Å². The number of phenolic OH excluding ortho intramolecular Hbond substituents is 1. The predicted octanol–water partition coefficient (Wildman–Crippen LogP) is 2.44. The van der Waals surface area contributed by atoms with Crippen LogP contribution < -0.4 is 0 Å². The van der Waals surface area contributed by atoms with Gasteiger partial charge in [0, 0.05) is 5.56 Å². The summed E-state index contributed by atoms with van der Waals surface area (Å²) in [6, 6.07) is 6.81. The van der Waals surface area contributed by atoms with Crippen molar-refractivity contribution in [3.05, 3.63) is 29.8 Å². The lowest BCUT2D eigenvalue weighted by atomic mass is 9.85. The topological polar surface area (TPSA) is 40.5 Å². The highest BCUT2D eigenvalue weighted by molar-refractivity contribution is 5.40. The van der Waals surface area contributed by atoms with Gasteiger partial charge in [0.15, 0.2) is 0 Å². The van der Waals surface area contributed by atoms with E-state index in [-0.39, 0.29) is 5.75 Å². The molecule has 0 radical (unpaired) electrons. The summed E-state index contributed by atoms with van der Waals surface area (Å²) in [5, 5.41) is 19.4. The number of benzene rings is 1. The van der Waals surface area contributed by atoms with Crippen molar-refractivity contribution in [1.29, 1.82) is 0 Å². The first-order valence-electron chi connectivity index (χ1n) is 5.73. The normalized spacial score (nSPS) is 18.6. The Morgan fingerprint density at radius 2 is 1.88 bits per heavy atom. The molecule has 1 saturated carbocycles. The lowest BCUT2D eigenvalue weighted by Gasteiger charge is -2.26. The molecule has 1 aliphatic rings. The minimum absolute atomic E-state index is 0.211. The Morgan fingerprint density at radius 1 is 1.12 bits per heavy atom. The molecule has 0 atom stereocenters. The van der Waals surface area contributed by atoms with Gasteiger partial charge >= 0.3 is 0 Å². The zero-order valence-electron chi connectivity index (χ0n) is 9.24. The average molecular weight is 216 g/mol. The van der Waals surface area contributed by atoms with E-state index in [1.807, 2.05) is 6.07 Å². The molecule has 0 amide bonds. The summed E-state index contributed by atoms with van der Waals surface area (Å²) in [7, 11) is 0. The van der Waals surface area contributed by atoms with Gasteiger partial charge in [-0.3, -0.25) is 0 Å². The molecule has 16 heavy (non-hydrogen) atoms. The first kappa shape index (κ1) is 11.0. The van der Waals surface area contributed by atoms with Crippen LogP contribution in [0.5, 0.6) is 5.75 Å². The summed E-state index contributed by atoms with van der Waals surface area (Å²) in [4.78, 5) is 0. The van der Waals surface area contributed by atoms with E-state index in [4.69, 9.17) is 0 Å². The van der Waals surface area contributed by atoms with E-state index in [9.17, 15) is 10.2 Å². The van der Waals surface area contributed by atoms with Gasteiger partial charge in [-0.25, -0.2) is 0 Å². The molecule has 0 spiro atoms. The zero-order chi connectivity index (χ0) is 11.4. The second-order valence-electron chi connectivity index (χ2n) is 4.39. The molecular weight excluding hydrogens is 200 g/mol. The fraction of sp³-hybridized carbons (Fsp3) is 0.429. The Hall–Kier alpha value is -1.46. The van der Waals surface area contributed by atoms with Crippen molar-refractivity contribution in [3.63, 3.8) is 0 Å². The fourth-order valence-electron chi connectivity index (χ4n) is 2.03. The molecule has 1 fully saturated rings. The van der Waals surface area contributed by atoms with Crippen LogP contribution in [0.15, 0.2) is 24.3 Å². The second kappa shape index (κ2) is 4.59. The van der Waals surface area contributed by atoms with Gasteiger partial charge in [-0.2, -0.15) is 0 Å². The quantitative estimate of drug-likeness (QED) is 0.654. The monoisotopic (exact) mass is 216 g/mol. The Bertz CT molecular complexity index is 420. The Morgan fingerprint density at radius 3 is 2.56 bits per heavy atom. The Kier molecular flexibility index (Phi) is 3.17. The molecule has 1 aromatic carbocycles. The van der Waals surface area contributed by atoms with E-state index in [0.29, 0.717) is 0 Å². The minimum Gasteiger partial charge on any atom is -0.508 e. The van der Waals surface area contributed by atoms with Crippen LogP contribution in [0.3, 0.4) is 0 Å². The van der Waals surface area contributed by atoms with Gasteiger partial charge in [0.25, 0.3) is 0 Å². The van der Waals surface area contributed by atoms with Crippen LogP contribution in [-0.2, 0) is 0 Å². The number of hydrogen-bond acceptors (Lipinski definition) is 2. The molecule has 0 aliphatic heterocycles. The molecule has 0 aromatic heterocycles. The van der Waals surface area contributed by atoms with E-state index in [0.717, 1.165) is 31.2 Å². The molecule has 0 bridgehead atoms. The van der Waals surface area contributed by atoms with Crippen LogP contribution in [0.1, 0.15) is 37.7 Å². The highest BCUT2D eigenvalue weighted by Crippen LogP contribution is 2.27. The SMILES string of the molecule is Oc1cccc(C#CC2(O)CCCCC2)c1. The van der Waals surface area contributed by atoms with Gasteiger partial charge < -0.3 is 10.2 Å². The van der Waals surface area contributed by atoms with Gasteiger partial charge in [-0.05, 0) is 43.9 Å². The maximum absolute atomic E-state index is 10.2. The first-order valence-corrected chi connectivity index (χ1v) is 5.73. The number of phenols is 1. The third kappa shape index (κ3) is 2.77. The Labute approximate surface area is 95.9 Å². The van der Waals surface area contributed by atoms with Crippen molar-refractivity contribution in [1.82, 2.24) is 0 Å². The molecule has 0 saturated heterocycles. The number of aliphatic hydroxyl groups is 1. The molecular formula is C14H16O2. The fourth-order valence-corrected chi connectivity index (χ4v) is 2.03. The number of hydrogen-bond donors (Lipinski definition) is 2. The van der Waals surface area contributed by atoms with E-state index < -0.39 is 5.60 Å².